The van der Waals surface area contributed by atoms with E-state index < -0.39 is 0 Å². The second-order valence-electron chi connectivity index (χ2n) is 9.06. The molecule has 1 nitrogen and oxygen atoms in total. The lowest BCUT2D eigenvalue weighted by Gasteiger charge is -2.46. The Labute approximate surface area is 204 Å². The summed E-state index contributed by atoms with van der Waals surface area (Å²) in [4.78, 5) is 2.65. The van der Waals surface area contributed by atoms with Gasteiger partial charge in [-0.25, -0.2) is 0 Å². The summed E-state index contributed by atoms with van der Waals surface area (Å²) in [6.45, 7) is 2.20. The number of fused-ring (bicyclic) bond motifs is 8. The molecule has 1 spiro atoms. The van der Waals surface area contributed by atoms with Crippen LogP contribution in [0.4, 0.5) is 11.4 Å². The maximum Gasteiger partial charge on any atom is 0.0763 e. The number of para-hydroxylation sites is 2. The fraction of sp³-hybridized carbons (Fsp3) is 0.0625. The number of anilines is 2. The van der Waals surface area contributed by atoms with E-state index in [1.165, 1.54) is 60.1 Å². The van der Waals surface area contributed by atoms with Crippen LogP contribution in [-0.4, -0.2) is 0 Å². The van der Waals surface area contributed by atoms with E-state index in [-0.39, 0.29) is 5.41 Å². The van der Waals surface area contributed by atoms with Crippen molar-refractivity contribution in [3.63, 3.8) is 0 Å². The van der Waals surface area contributed by atoms with Gasteiger partial charge in [-0.15, -0.1) is 0 Å². The lowest BCUT2D eigenvalue weighted by molar-refractivity contribution is 0.699. The third-order valence-corrected chi connectivity index (χ3v) is 8.45. The molecular weight excluding hydrogens is 430 g/mol. The maximum absolute atomic E-state index is 3.86. The lowest BCUT2D eigenvalue weighted by Crippen LogP contribution is -2.37. The first kappa shape index (κ1) is 19.7. The second-order valence-corrected chi connectivity index (χ2v) is 10.1. The highest BCUT2D eigenvalue weighted by molar-refractivity contribution is 7.99. The summed E-state index contributed by atoms with van der Waals surface area (Å²) >= 11 is 1.88. The van der Waals surface area contributed by atoms with Gasteiger partial charge >= 0.3 is 0 Å². The first-order chi connectivity index (χ1) is 16.8. The Morgan fingerprint density at radius 1 is 0.529 bits per heavy atom. The predicted molar refractivity (Wildman–Crippen MR) is 142 cm³/mol. The highest BCUT2D eigenvalue weighted by Crippen LogP contribution is 2.61. The van der Waals surface area contributed by atoms with Crippen LogP contribution in [0.15, 0.2) is 125 Å². The van der Waals surface area contributed by atoms with Gasteiger partial charge in [-0.1, -0.05) is 109 Å². The Bertz CT molecular complexity index is 1520. The Morgan fingerprint density at radius 3 is 1.82 bits per heavy atom. The Balaban J connectivity index is 1.66. The van der Waals surface area contributed by atoms with Gasteiger partial charge in [0.2, 0.25) is 0 Å². The van der Waals surface area contributed by atoms with Gasteiger partial charge < -0.3 is 5.32 Å². The summed E-state index contributed by atoms with van der Waals surface area (Å²) in [7, 11) is 0. The molecule has 0 bridgehead atoms. The molecule has 2 heteroatoms. The van der Waals surface area contributed by atoms with Crippen molar-refractivity contribution in [3.05, 3.63) is 143 Å². The van der Waals surface area contributed by atoms with Crippen LogP contribution in [0.2, 0.25) is 0 Å². The van der Waals surface area contributed by atoms with E-state index >= 15 is 0 Å². The van der Waals surface area contributed by atoms with Crippen LogP contribution in [0, 0.1) is 6.92 Å². The minimum atomic E-state index is -0.381. The Morgan fingerprint density at radius 2 is 1.09 bits per heavy atom. The zero-order valence-corrected chi connectivity index (χ0v) is 19.7. The topological polar surface area (TPSA) is 12.0 Å². The zero-order chi connectivity index (χ0) is 22.7. The molecule has 0 atom stereocenters. The normalized spacial score (nSPS) is 14.4. The van der Waals surface area contributed by atoms with Gasteiger partial charge in [-0.2, -0.15) is 0 Å². The summed E-state index contributed by atoms with van der Waals surface area (Å²) in [6, 6.07) is 42.2. The highest BCUT2D eigenvalue weighted by Gasteiger charge is 2.48. The van der Waals surface area contributed by atoms with E-state index in [1.807, 2.05) is 11.8 Å². The SMILES string of the molecule is Cc1ccccc1-c1cccc2c1Nc1ccccc1C21c2ccccc2Sc2ccccc21. The molecule has 0 radical (unpaired) electrons. The molecule has 5 aromatic carbocycles. The van der Waals surface area contributed by atoms with Crippen molar-refractivity contribution in [1.82, 2.24) is 0 Å². The van der Waals surface area contributed by atoms with Crippen LogP contribution in [-0.2, 0) is 5.41 Å². The van der Waals surface area contributed by atoms with E-state index in [2.05, 4.69) is 128 Å². The molecule has 0 saturated heterocycles. The monoisotopic (exact) mass is 453 g/mol. The molecule has 0 aliphatic carbocycles. The average molecular weight is 454 g/mol. The van der Waals surface area contributed by atoms with E-state index in [4.69, 9.17) is 0 Å². The van der Waals surface area contributed by atoms with Crippen LogP contribution < -0.4 is 5.32 Å². The third kappa shape index (κ3) is 2.58. The number of hydrogen-bond acceptors (Lipinski definition) is 2. The van der Waals surface area contributed by atoms with E-state index in [1.54, 1.807) is 0 Å². The fourth-order valence-corrected chi connectivity index (χ4v) is 7.07. The number of nitrogens with one attached hydrogen (secondary N) is 1. The maximum atomic E-state index is 3.86. The quantitative estimate of drug-likeness (QED) is 0.267. The second kappa shape index (κ2) is 7.38. The van der Waals surface area contributed by atoms with Gasteiger partial charge in [0.15, 0.2) is 0 Å². The van der Waals surface area contributed by atoms with Crippen molar-refractivity contribution < 1.29 is 0 Å². The lowest BCUT2D eigenvalue weighted by atomic mass is 9.62. The van der Waals surface area contributed by atoms with Gasteiger partial charge in [-0.05, 0) is 58.5 Å². The van der Waals surface area contributed by atoms with Crippen molar-refractivity contribution in [2.75, 3.05) is 5.32 Å². The molecule has 0 amide bonds. The molecule has 5 aromatic rings. The summed E-state index contributed by atoms with van der Waals surface area (Å²) < 4.78 is 0. The minimum absolute atomic E-state index is 0.381. The Kier molecular flexibility index (Phi) is 4.27. The summed E-state index contributed by atoms with van der Waals surface area (Å²) in [6.07, 6.45) is 0. The van der Waals surface area contributed by atoms with Gasteiger partial charge in [0.25, 0.3) is 0 Å². The van der Waals surface area contributed by atoms with Crippen LogP contribution in [0.25, 0.3) is 11.1 Å². The number of hydrogen-bond donors (Lipinski definition) is 1. The Hall–Kier alpha value is -3.75. The van der Waals surface area contributed by atoms with E-state index in [9.17, 15) is 0 Å². The number of aryl methyl sites for hydroxylation is 1. The van der Waals surface area contributed by atoms with Crippen molar-refractivity contribution in [2.45, 2.75) is 22.1 Å². The molecule has 2 aliphatic rings. The van der Waals surface area contributed by atoms with Crippen LogP contribution in [0.5, 0.6) is 0 Å². The largest absolute Gasteiger partial charge is 0.354 e. The van der Waals surface area contributed by atoms with Crippen molar-refractivity contribution >= 4 is 23.1 Å². The summed E-state index contributed by atoms with van der Waals surface area (Å²) in [5.41, 5.74) is 11.1. The average Bonchev–Trinajstić information content (AvgIpc) is 2.89. The molecule has 7 rings (SSSR count). The van der Waals surface area contributed by atoms with Crippen molar-refractivity contribution in [1.29, 1.82) is 0 Å². The summed E-state index contributed by atoms with van der Waals surface area (Å²) in [5, 5.41) is 3.86. The summed E-state index contributed by atoms with van der Waals surface area (Å²) in [5.74, 6) is 0. The molecule has 34 heavy (non-hydrogen) atoms. The van der Waals surface area contributed by atoms with Crippen molar-refractivity contribution in [3.8, 4) is 11.1 Å². The number of rotatable bonds is 1. The first-order valence-corrected chi connectivity index (χ1v) is 12.5. The molecule has 0 aromatic heterocycles. The molecular formula is C32H23NS. The first-order valence-electron chi connectivity index (χ1n) is 11.7. The molecule has 0 unspecified atom stereocenters. The van der Waals surface area contributed by atoms with E-state index in [0.29, 0.717) is 0 Å². The third-order valence-electron chi connectivity index (χ3n) is 7.30. The van der Waals surface area contributed by atoms with Gasteiger partial charge in [-0.3, -0.25) is 0 Å². The van der Waals surface area contributed by atoms with Crippen LogP contribution >= 0.6 is 11.8 Å². The molecule has 0 saturated carbocycles. The van der Waals surface area contributed by atoms with Crippen LogP contribution in [0.1, 0.15) is 27.8 Å². The smallest absolute Gasteiger partial charge is 0.0763 e. The molecule has 2 heterocycles. The number of benzene rings is 5. The zero-order valence-electron chi connectivity index (χ0n) is 18.9. The molecule has 1 N–H and O–H groups in total. The minimum Gasteiger partial charge on any atom is -0.354 e. The molecule has 2 aliphatic heterocycles. The fourth-order valence-electron chi connectivity index (χ4n) is 5.87. The van der Waals surface area contributed by atoms with Crippen molar-refractivity contribution in [2.24, 2.45) is 0 Å². The molecule has 0 fully saturated rings. The standard InChI is InChI=1S/C32H23NS/c1-21-11-2-3-12-22(21)23-13-10-17-27-31(23)33-28-18-7-4-14-24(28)32(27)25-15-5-8-19-29(25)34-30-20-9-6-16-26(30)32/h2-20,33H,1H3. The van der Waals surface area contributed by atoms with Gasteiger partial charge in [0.1, 0.15) is 0 Å². The van der Waals surface area contributed by atoms with Gasteiger partial charge in [0.05, 0.1) is 11.1 Å². The van der Waals surface area contributed by atoms with E-state index in [0.717, 1.165) is 0 Å². The predicted octanol–water partition coefficient (Wildman–Crippen LogP) is 8.57. The van der Waals surface area contributed by atoms with Gasteiger partial charge in [0, 0.05) is 21.0 Å². The van der Waals surface area contributed by atoms with Crippen LogP contribution in [0.3, 0.4) is 0 Å². The molecule has 162 valence electrons. The highest BCUT2D eigenvalue weighted by atomic mass is 32.2.